The van der Waals surface area contributed by atoms with Gasteiger partial charge in [-0.25, -0.2) is 0 Å². The molecule has 0 bridgehead atoms. The Balaban J connectivity index is 1.58. The SMILES string of the molecule is CCc1ccc(OC[C@@H]2c3cc(OC)c(OC)cc3CCN2C(=S)NCc2ccccc2)cc1. The van der Waals surface area contributed by atoms with Crippen molar-refractivity contribution in [2.45, 2.75) is 32.4 Å². The van der Waals surface area contributed by atoms with Gasteiger partial charge in [0.15, 0.2) is 16.6 Å². The lowest BCUT2D eigenvalue weighted by atomic mass is 9.92. The van der Waals surface area contributed by atoms with Crippen molar-refractivity contribution in [1.29, 1.82) is 0 Å². The number of hydrogen-bond acceptors (Lipinski definition) is 4. The molecule has 0 saturated carbocycles. The van der Waals surface area contributed by atoms with Crippen LogP contribution in [0.25, 0.3) is 0 Å². The number of nitrogens with zero attached hydrogens (tertiary/aromatic N) is 1. The third kappa shape index (κ3) is 5.45. The zero-order chi connectivity index (χ0) is 23.9. The highest BCUT2D eigenvalue weighted by Crippen LogP contribution is 2.38. The zero-order valence-corrected chi connectivity index (χ0v) is 20.9. The quantitative estimate of drug-likeness (QED) is 0.444. The zero-order valence-electron chi connectivity index (χ0n) is 20.0. The van der Waals surface area contributed by atoms with E-state index < -0.39 is 0 Å². The summed E-state index contributed by atoms with van der Waals surface area (Å²) >= 11 is 5.86. The molecule has 1 N–H and O–H groups in total. The third-order valence-electron chi connectivity index (χ3n) is 6.29. The number of benzene rings is 3. The van der Waals surface area contributed by atoms with Crippen LogP contribution >= 0.6 is 12.2 Å². The molecule has 0 spiro atoms. The van der Waals surface area contributed by atoms with E-state index in [1.54, 1.807) is 14.2 Å². The number of nitrogens with one attached hydrogen (secondary N) is 1. The van der Waals surface area contributed by atoms with Gasteiger partial charge in [0.05, 0.1) is 20.3 Å². The van der Waals surface area contributed by atoms with E-state index in [2.05, 4.69) is 53.5 Å². The van der Waals surface area contributed by atoms with Crippen LogP contribution < -0.4 is 19.5 Å². The average Bonchev–Trinajstić information content (AvgIpc) is 2.90. The first-order chi connectivity index (χ1) is 16.6. The first-order valence-corrected chi connectivity index (χ1v) is 12.1. The summed E-state index contributed by atoms with van der Waals surface area (Å²) < 4.78 is 17.4. The molecule has 0 unspecified atom stereocenters. The van der Waals surface area contributed by atoms with E-state index in [9.17, 15) is 0 Å². The lowest BCUT2D eigenvalue weighted by molar-refractivity contribution is 0.187. The summed E-state index contributed by atoms with van der Waals surface area (Å²) in [5, 5.41) is 4.16. The van der Waals surface area contributed by atoms with Gasteiger partial charge in [0.2, 0.25) is 0 Å². The second-order valence-corrected chi connectivity index (χ2v) is 8.70. The molecule has 1 aliphatic heterocycles. The van der Waals surface area contributed by atoms with Gasteiger partial charge in [-0.3, -0.25) is 0 Å². The molecular formula is C28H32N2O3S. The molecule has 6 heteroatoms. The molecule has 3 aromatic carbocycles. The van der Waals surface area contributed by atoms with Crippen LogP contribution in [0.5, 0.6) is 17.2 Å². The lowest BCUT2D eigenvalue weighted by Gasteiger charge is -2.39. The van der Waals surface area contributed by atoms with Crippen molar-refractivity contribution in [3.63, 3.8) is 0 Å². The molecule has 0 fully saturated rings. The van der Waals surface area contributed by atoms with Crippen molar-refractivity contribution in [3.05, 3.63) is 89.0 Å². The Morgan fingerprint density at radius 2 is 1.68 bits per heavy atom. The Morgan fingerprint density at radius 1 is 0.971 bits per heavy atom. The second-order valence-electron chi connectivity index (χ2n) is 8.32. The third-order valence-corrected chi connectivity index (χ3v) is 6.67. The van der Waals surface area contributed by atoms with Crippen molar-refractivity contribution in [2.75, 3.05) is 27.4 Å². The maximum absolute atomic E-state index is 6.27. The smallest absolute Gasteiger partial charge is 0.169 e. The van der Waals surface area contributed by atoms with E-state index in [-0.39, 0.29) is 6.04 Å². The van der Waals surface area contributed by atoms with Gasteiger partial charge in [0, 0.05) is 13.1 Å². The van der Waals surface area contributed by atoms with Crippen molar-refractivity contribution < 1.29 is 14.2 Å². The summed E-state index contributed by atoms with van der Waals surface area (Å²) in [5.41, 5.74) is 4.87. The topological polar surface area (TPSA) is 43.0 Å². The molecule has 0 saturated heterocycles. The lowest BCUT2D eigenvalue weighted by Crippen LogP contribution is -2.47. The summed E-state index contributed by atoms with van der Waals surface area (Å²) in [4.78, 5) is 2.23. The molecule has 3 aromatic rings. The number of rotatable bonds is 8. The van der Waals surface area contributed by atoms with E-state index in [0.29, 0.717) is 18.9 Å². The number of ether oxygens (including phenoxy) is 3. The van der Waals surface area contributed by atoms with Gasteiger partial charge >= 0.3 is 0 Å². The number of fused-ring (bicyclic) bond motifs is 1. The highest BCUT2D eigenvalue weighted by Gasteiger charge is 2.31. The van der Waals surface area contributed by atoms with Crippen LogP contribution in [-0.2, 0) is 19.4 Å². The predicted octanol–water partition coefficient (Wildman–Crippen LogP) is 5.32. The van der Waals surface area contributed by atoms with Crippen molar-refractivity contribution in [2.24, 2.45) is 0 Å². The van der Waals surface area contributed by atoms with E-state index in [0.717, 1.165) is 41.6 Å². The second kappa shape index (κ2) is 11.3. The highest BCUT2D eigenvalue weighted by atomic mass is 32.1. The summed E-state index contributed by atoms with van der Waals surface area (Å²) in [6.07, 6.45) is 1.87. The summed E-state index contributed by atoms with van der Waals surface area (Å²) in [7, 11) is 3.33. The Kier molecular flexibility index (Phi) is 7.91. The largest absolute Gasteiger partial charge is 0.493 e. The van der Waals surface area contributed by atoms with Crippen LogP contribution in [0.4, 0.5) is 0 Å². The predicted molar refractivity (Wildman–Crippen MR) is 140 cm³/mol. The highest BCUT2D eigenvalue weighted by molar-refractivity contribution is 7.80. The minimum atomic E-state index is -0.0508. The summed E-state index contributed by atoms with van der Waals surface area (Å²) in [6.45, 7) is 4.10. The maximum Gasteiger partial charge on any atom is 0.169 e. The Bertz CT molecular complexity index is 1100. The van der Waals surface area contributed by atoms with E-state index in [4.69, 9.17) is 26.4 Å². The van der Waals surface area contributed by atoms with E-state index in [1.807, 2.05) is 30.3 Å². The molecular weight excluding hydrogens is 444 g/mol. The fourth-order valence-corrected chi connectivity index (χ4v) is 4.61. The van der Waals surface area contributed by atoms with Crippen LogP contribution in [0, 0.1) is 0 Å². The Labute approximate surface area is 207 Å². The number of hydrogen-bond donors (Lipinski definition) is 1. The minimum Gasteiger partial charge on any atom is -0.493 e. The van der Waals surface area contributed by atoms with Gasteiger partial charge in [-0.05, 0) is 71.6 Å². The van der Waals surface area contributed by atoms with Gasteiger partial charge in [0.25, 0.3) is 0 Å². The van der Waals surface area contributed by atoms with E-state index >= 15 is 0 Å². The molecule has 5 nitrogen and oxygen atoms in total. The van der Waals surface area contributed by atoms with Gasteiger partial charge in [-0.1, -0.05) is 49.4 Å². The maximum atomic E-state index is 6.27. The van der Waals surface area contributed by atoms with Gasteiger partial charge in [-0.15, -0.1) is 0 Å². The molecule has 0 aromatic heterocycles. The molecule has 1 atom stereocenters. The van der Waals surface area contributed by atoms with Gasteiger partial charge in [0.1, 0.15) is 12.4 Å². The molecule has 0 radical (unpaired) electrons. The molecule has 34 heavy (non-hydrogen) atoms. The molecule has 1 aliphatic rings. The molecule has 178 valence electrons. The molecule has 1 heterocycles. The minimum absolute atomic E-state index is 0.0508. The summed E-state index contributed by atoms with van der Waals surface area (Å²) in [5.74, 6) is 2.31. The number of thiocarbonyl (C=S) groups is 1. The monoisotopic (exact) mass is 476 g/mol. The molecule has 4 rings (SSSR count). The first-order valence-electron chi connectivity index (χ1n) is 11.7. The van der Waals surface area contributed by atoms with Crippen LogP contribution in [0.1, 0.15) is 35.2 Å². The molecule has 0 aliphatic carbocycles. The van der Waals surface area contributed by atoms with Crippen molar-refractivity contribution in [3.8, 4) is 17.2 Å². The molecule has 0 amide bonds. The van der Waals surface area contributed by atoms with Gasteiger partial charge in [-0.2, -0.15) is 0 Å². The Hall–Kier alpha value is -3.25. The normalized spacial score (nSPS) is 14.8. The fraction of sp³-hybridized carbons (Fsp3) is 0.321. The van der Waals surface area contributed by atoms with E-state index in [1.165, 1.54) is 16.7 Å². The van der Waals surface area contributed by atoms with Crippen LogP contribution in [-0.4, -0.2) is 37.4 Å². The van der Waals surface area contributed by atoms with Crippen LogP contribution in [0.2, 0.25) is 0 Å². The summed E-state index contributed by atoms with van der Waals surface area (Å²) in [6, 6.07) is 22.7. The number of methoxy groups -OCH3 is 2. The van der Waals surface area contributed by atoms with Crippen molar-refractivity contribution in [1.82, 2.24) is 10.2 Å². The van der Waals surface area contributed by atoms with Crippen molar-refractivity contribution >= 4 is 17.3 Å². The van der Waals surface area contributed by atoms with Crippen LogP contribution in [0.3, 0.4) is 0 Å². The van der Waals surface area contributed by atoms with Crippen LogP contribution in [0.15, 0.2) is 66.7 Å². The standard InChI is InChI=1S/C28H32N2O3S/c1-4-20-10-12-23(13-11-20)33-19-25-24-17-27(32-3)26(31-2)16-22(24)14-15-30(25)28(34)29-18-21-8-6-5-7-9-21/h5-13,16-17,25H,4,14-15,18-19H2,1-3H3,(H,29,34)/t25-/m1/s1. The van der Waals surface area contributed by atoms with Gasteiger partial charge < -0.3 is 24.4 Å². The Morgan fingerprint density at radius 3 is 2.35 bits per heavy atom. The fourth-order valence-electron chi connectivity index (χ4n) is 4.32. The average molecular weight is 477 g/mol. The number of aryl methyl sites for hydroxylation is 1. The first kappa shape index (κ1) is 23.9.